The van der Waals surface area contributed by atoms with Crippen molar-refractivity contribution in [1.29, 1.82) is 5.26 Å². The number of aromatic nitrogens is 5. The predicted molar refractivity (Wildman–Crippen MR) is 85.5 cm³/mol. The normalized spacial score (nSPS) is 16.3. The summed E-state index contributed by atoms with van der Waals surface area (Å²) in [5.41, 5.74) is -0.809. The van der Waals surface area contributed by atoms with Gasteiger partial charge in [-0.05, 0) is 29.6 Å². The molecule has 134 valence electrons. The number of hydrogen-bond donors (Lipinski definition) is 0. The Balaban J connectivity index is 1.96. The van der Waals surface area contributed by atoms with Gasteiger partial charge in [-0.15, -0.1) is 5.10 Å². The van der Waals surface area contributed by atoms with Crippen LogP contribution in [0.2, 0.25) is 0 Å². The van der Waals surface area contributed by atoms with E-state index in [1.807, 2.05) is 11.9 Å². The van der Waals surface area contributed by atoms with Crippen molar-refractivity contribution in [3.05, 3.63) is 23.3 Å². The number of likely N-dealkylation sites (N-methyl/N-ethyl adjacent to an activating group) is 1. The van der Waals surface area contributed by atoms with Gasteiger partial charge >= 0.3 is 6.18 Å². The summed E-state index contributed by atoms with van der Waals surface area (Å²) >= 11 is 0. The second-order valence-corrected chi connectivity index (χ2v) is 6.14. The summed E-state index contributed by atoms with van der Waals surface area (Å²) in [6.45, 7) is 2.93. The molecule has 0 unspecified atom stereocenters. The second kappa shape index (κ2) is 5.77. The SMILES string of the molecule is CN1CCN(c2nc3cc(C(F)(F)F)c(C#N)cc3n3nnnc23)CC1. The Labute approximate surface area is 145 Å². The van der Waals surface area contributed by atoms with Gasteiger partial charge < -0.3 is 9.80 Å². The fourth-order valence-corrected chi connectivity index (χ4v) is 3.05. The molecule has 11 heteroatoms. The third kappa shape index (κ3) is 2.59. The van der Waals surface area contributed by atoms with Crippen LogP contribution in [0.25, 0.3) is 16.7 Å². The molecule has 1 saturated heterocycles. The Hall–Kier alpha value is -3.00. The minimum absolute atomic E-state index is 0.0880. The minimum atomic E-state index is -4.65. The first-order chi connectivity index (χ1) is 12.4. The Morgan fingerprint density at radius 3 is 2.54 bits per heavy atom. The van der Waals surface area contributed by atoms with Crippen LogP contribution in [0, 0.1) is 11.3 Å². The molecule has 0 atom stereocenters. The molecule has 0 N–H and O–H groups in total. The van der Waals surface area contributed by atoms with E-state index >= 15 is 0 Å². The summed E-state index contributed by atoms with van der Waals surface area (Å²) in [6, 6.07) is 3.60. The lowest BCUT2D eigenvalue weighted by atomic mass is 10.1. The molecule has 1 aliphatic rings. The van der Waals surface area contributed by atoms with Gasteiger partial charge in [0.15, 0.2) is 5.82 Å². The van der Waals surface area contributed by atoms with Crippen molar-refractivity contribution in [1.82, 2.24) is 29.9 Å². The van der Waals surface area contributed by atoms with E-state index in [2.05, 4.69) is 25.4 Å². The van der Waals surface area contributed by atoms with Gasteiger partial charge in [-0.1, -0.05) is 0 Å². The molecule has 0 amide bonds. The zero-order chi connectivity index (χ0) is 18.5. The van der Waals surface area contributed by atoms with Crippen LogP contribution in [0.15, 0.2) is 12.1 Å². The molecule has 8 nitrogen and oxygen atoms in total. The molecule has 1 aromatic carbocycles. The van der Waals surface area contributed by atoms with E-state index in [0.29, 0.717) is 24.6 Å². The van der Waals surface area contributed by atoms with Crippen LogP contribution in [-0.4, -0.2) is 63.2 Å². The highest BCUT2D eigenvalue weighted by Gasteiger charge is 2.35. The van der Waals surface area contributed by atoms with Gasteiger partial charge in [-0.25, -0.2) is 4.98 Å². The van der Waals surface area contributed by atoms with Crippen molar-refractivity contribution in [2.45, 2.75) is 6.18 Å². The van der Waals surface area contributed by atoms with Crippen molar-refractivity contribution in [3.8, 4) is 6.07 Å². The molecule has 3 aromatic rings. The molecule has 0 saturated carbocycles. The summed E-state index contributed by atoms with van der Waals surface area (Å²) in [5, 5.41) is 20.6. The zero-order valence-corrected chi connectivity index (χ0v) is 13.7. The van der Waals surface area contributed by atoms with Gasteiger partial charge in [0.25, 0.3) is 0 Å². The fourth-order valence-electron chi connectivity index (χ4n) is 3.05. The summed E-state index contributed by atoms with van der Waals surface area (Å²) in [5.74, 6) is 0.438. The van der Waals surface area contributed by atoms with Crippen molar-refractivity contribution in [3.63, 3.8) is 0 Å². The van der Waals surface area contributed by atoms with Crippen LogP contribution < -0.4 is 4.90 Å². The van der Waals surface area contributed by atoms with E-state index in [-0.39, 0.29) is 11.0 Å². The summed E-state index contributed by atoms with van der Waals surface area (Å²) in [7, 11) is 2.00. The molecule has 0 bridgehead atoms. The zero-order valence-electron chi connectivity index (χ0n) is 13.7. The van der Waals surface area contributed by atoms with Gasteiger partial charge in [-0.3, -0.25) is 0 Å². The molecular weight excluding hydrogens is 349 g/mol. The topological polar surface area (TPSA) is 86.2 Å². The number of piperazine rings is 1. The summed E-state index contributed by atoms with van der Waals surface area (Å²) in [4.78, 5) is 8.51. The van der Waals surface area contributed by atoms with Gasteiger partial charge in [0, 0.05) is 26.2 Å². The van der Waals surface area contributed by atoms with Gasteiger partial charge in [0.05, 0.1) is 28.2 Å². The van der Waals surface area contributed by atoms with E-state index in [1.165, 1.54) is 4.52 Å². The Bertz CT molecular complexity index is 1030. The Kier molecular flexibility index (Phi) is 3.66. The van der Waals surface area contributed by atoms with Gasteiger partial charge in [0.2, 0.25) is 5.65 Å². The first-order valence-electron chi connectivity index (χ1n) is 7.85. The predicted octanol–water partition coefficient (Wildman–Crippen LogP) is 1.31. The van der Waals surface area contributed by atoms with Gasteiger partial charge in [0.1, 0.15) is 0 Å². The molecule has 3 heterocycles. The highest BCUT2D eigenvalue weighted by atomic mass is 19.4. The minimum Gasteiger partial charge on any atom is -0.351 e. The maximum absolute atomic E-state index is 13.3. The number of fused-ring (bicyclic) bond motifs is 3. The number of rotatable bonds is 1. The Morgan fingerprint density at radius 1 is 1.15 bits per heavy atom. The quantitative estimate of drug-likeness (QED) is 0.645. The fraction of sp³-hybridized carbons (Fsp3) is 0.400. The van der Waals surface area contributed by atoms with E-state index in [0.717, 1.165) is 25.2 Å². The van der Waals surface area contributed by atoms with E-state index in [9.17, 15) is 13.2 Å². The van der Waals surface area contributed by atoms with Crippen LogP contribution >= 0.6 is 0 Å². The number of tetrazole rings is 1. The summed E-state index contributed by atoms with van der Waals surface area (Å²) < 4.78 is 41.2. The lowest BCUT2D eigenvalue weighted by Gasteiger charge is -2.33. The maximum Gasteiger partial charge on any atom is 0.417 e. The van der Waals surface area contributed by atoms with Gasteiger partial charge in [-0.2, -0.15) is 22.9 Å². The summed E-state index contributed by atoms with van der Waals surface area (Å²) in [6.07, 6.45) is -4.65. The maximum atomic E-state index is 13.3. The van der Waals surface area contributed by atoms with Crippen LogP contribution in [0.1, 0.15) is 11.1 Å². The molecule has 0 radical (unpaired) electrons. The van der Waals surface area contributed by atoms with E-state index < -0.39 is 17.3 Å². The largest absolute Gasteiger partial charge is 0.417 e. The van der Waals surface area contributed by atoms with Crippen molar-refractivity contribution in [2.75, 3.05) is 38.1 Å². The highest BCUT2D eigenvalue weighted by molar-refractivity contribution is 5.84. The van der Waals surface area contributed by atoms with Crippen molar-refractivity contribution >= 4 is 22.5 Å². The third-order valence-electron chi connectivity index (χ3n) is 4.47. The smallest absolute Gasteiger partial charge is 0.351 e. The average molecular weight is 362 g/mol. The molecule has 1 aliphatic heterocycles. The van der Waals surface area contributed by atoms with E-state index in [4.69, 9.17) is 5.26 Å². The number of nitriles is 1. The average Bonchev–Trinajstić information content (AvgIpc) is 3.10. The molecule has 4 rings (SSSR count). The first kappa shape index (κ1) is 16.5. The molecular formula is C15H13F3N8. The number of anilines is 1. The van der Waals surface area contributed by atoms with Crippen LogP contribution in [0.5, 0.6) is 0 Å². The van der Waals surface area contributed by atoms with Crippen LogP contribution in [0.4, 0.5) is 19.0 Å². The second-order valence-electron chi connectivity index (χ2n) is 6.14. The number of alkyl halides is 3. The molecule has 2 aromatic heterocycles. The number of halogens is 3. The standard InChI is InChI=1S/C15H13F3N8/c1-24-2-4-25(5-3-24)13-14-21-22-23-26(14)12-6-9(8-19)10(15(16,17)18)7-11(12)20-13/h6-7H,2-5H2,1H3. The number of benzene rings is 1. The Morgan fingerprint density at radius 2 is 1.88 bits per heavy atom. The lowest BCUT2D eigenvalue weighted by molar-refractivity contribution is -0.137. The first-order valence-corrected chi connectivity index (χ1v) is 7.85. The lowest BCUT2D eigenvalue weighted by Crippen LogP contribution is -2.45. The number of hydrogen-bond acceptors (Lipinski definition) is 7. The van der Waals surface area contributed by atoms with Crippen molar-refractivity contribution in [2.24, 2.45) is 0 Å². The molecule has 26 heavy (non-hydrogen) atoms. The monoisotopic (exact) mass is 362 g/mol. The highest BCUT2D eigenvalue weighted by Crippen LogP contribution is 2.35. The van der Waals surface area contributed by atoms with Crippen molar-refractivity contribution < 1.29 is 13.2 Å². The third-order valence-corrected chi connectivity index (χ3v) is 4.47. The molecule has 1 fully saturated rings. The number of nitrogens with zero attached hydrogens (tertiary/aromatic N) is 8. The van der Waals surface area contributed by atoms with Crippen LogP contribution in [0.3, 0.4) is 0 Å². The van der Waals surface area contributed by atoms with Crippen LogP contribution in [-0.2, 0) is 6.18 Å². The van der Waals surface area contributed by atoms with E-state index in [1.54, 1.807) is 6.07 Å². The molecule has 0 aliphatic carbocycles. The molecule has 0 spiro atoms.